The van der Waals surface area contributed by atoms with Gasteiger partial charge in [-0.05, 0) is 62.0 Å². The monoisotopic (exact) mass is 397 g/mol. The molecule has 1 aliphatic heterocycles. The van der Waals surface area contributed by atoms with Crippen LogP contribution >= 0.6 is 0 Å². The summed E-state index contributed by atoms with van der Waals surface area (Å²) < 4.78 is 0. The first-order valence-corrected chi connectivity index (χ1v) is 10.4. The van der Waals surface area contributed by atoms with Crippen molar-refractivity contribution in [3.8, 4) is 0 Å². The summed E-state index contributed by atoms with van der Waals surface area (Å²) in [6.07, 6.45) is 9.14. The maximum absolute atomic E-state index is 12.5. The molecule has 1 amide bonds. The molecule has 2 fully saturated rings. The Balaban J connectivity index is 1.77. The molecule has 2 unspecified atom stereocenters. The summed E-state index contributed by atoms with van der Waals surface area (Å²) in [6.45, 7) is 10.6. The summed E-state index contributed by atoms with van der Waals surface area (Å²) >= 11 is 0. The lowest BCUT2D eigenvalue weighted by Crippen LogP contribution is -2.45. The minimum absolute atomic E-state index is 0.0655. The van der Waals surface area contributed by atoms with Crippen molar-refractivity contribution in [1.82, 2.24) is 5.32 Å². The molecule has 0 spiro atoms. The van der Waals surface area contributed by atoms with Crippen molar-refractivity contribution in [2.75, 3.05) is 6.54 Å². The number of hydrogen-bond acceptors (Lipinski definition) is 4. The van der Waals surface area contributed by atoms with Gasteiger partial charge in [-0.15, -0.1) is 0 Å². The standard InChI is InChI=1S/C24H31NO4/c1-13(6-7-19(26)22-21(28)12-25-23(22)29)8-14(2)17-10-24(5)11-18(16(17)4)20(27)9-15(24)3/h6-9,14,16-18,26H,10-12H2,1-5H3,(H,25,29)/b7-6+,13-8+,22-19+/t14-,16-,17?,18?,24+/m0/s1. The first-order valence-electron chi connectivity index (χ1n) is 10.4. The Labute approximate surface area is 172 Å². The molecule has 29 heavy (non-hydrogen) atoms. The van der Waals surface area contributed by atoms with E-state index in [2.05, 4.69) is 39.1 Å². The minimum atomic E-state index is -0.531. The largest absolute Gasteiger partial charge is 0.507 e. The normalized spacial score (nSPS) is 35.6. The van der Waals surface area contributed by atoms with Crippen LogP contribution in [-0.2, 0) is 14.4 Å². The van der Waals surface area contributed by atoms with Crippen LogP contribution in [0.5, 0.6) is 0 Å². The average molecular weight is 398 g/mol. The molecule has 0 aromatic rings. The smallest absolute Gasteiger partial charge is 0.259 e. The number of hydrogen-bond donors (Lipinski definition) is 2. The zero-order valence-electron chi connectivity index (χ0n) is 17.9. The van der Waals surface area contributed by atoms with Crippen LogP contribution in [0.15, 0.2) is 46.8 Å². The Morgan fingerprint density at radius 3 is 2.59 bits per heavy atom. The van der Waals surface area contributed by atoms with Gasteiger partial charge in [0.05, 0.1) is 6.54 Å². The van der Waals surface area contributed by atoms with E-state index < -0.39 is 11.7 Å². The Kier molecular flexibility index (Phi) is 5.70. The van der Waals surface area contributed by atoms with Crippen LogP contribution in [0.25, 0.3) is 0 Å². The number of ketones is 2. The highest BCUT2D eigenvalue weighted by atomic mass is 16.3. The number of aliphatic hydroxyl groups excluding tert-OH is 1. The number of nitrogens with one attached hydrogen (secondary N) is 1. The van der Waals surface area contributed by atoms with Gasteiger partial charge >= 0.3 is 0 Å². The first-order chi connectivity index (χ1) is 13.5. The summed E-state index contributed by atoms with van der Waals surface area (Å²) in [6, 6.07) is 0. The van der Waals surface area contributed by atoms with Crippen molar-refractivity contribution in [2.24, 2.45) is 29.1 Å². The van der Waals surface area contributed by atoms with Crippen molar-refractivity contribution in [3.63, 3.8) is 0 Å². The van der Waals surface area contributed by atoms with Crippen LogP contribution in [0.4, 0.5) is 0 Å². The van der Waals surface area contributed by atoms with Crippen LogP contribution in [0.3, 0.4) is 0 Å². The van der Waals surface area contributed by atoms with Gasteiger partial charge in [0.15, 0.2) is 11.6 Å². The van der Waals surface area contributed by atoms with E-state index in [-0.39, 0.29) is 40.9 Å². The van der Waals surface area contributed by atoms with Gasteiger partial charge < -0.3 is 10.4 Å². The molecule has 0 aromatic heterocycles. The van der Waals surface area contributed by atoms with Crippen LogP contribution < -0.4 is 5.32 Å². The van der Waals surface area contributed by atoms with E-state index in [1.165, 1.54) is 11.6 Å². The predicted octanol–water partition coefficient (Wildman–Crippen LogP) is 3.83. The molecule has 0 radical (unpaired) electrons. The van der Waals surface area contributed by atoms with Gasteiger partial charge in [-0.25, -0.2) is 0 Å². The molecule has 1 saturated heterocycles. The van der Waals surface area contributed by atoms with E-state index in [1.807, 2.05) is 13.0 Å². The number of carbonyl (C=O) groups is 3. The summed E-state index contributed by atoms with van der Waals surface area (Å²) in [7, 11) is 0. The molecule has 5 nitrogen and oxygen atoms in total. The molecule has 2 aliphatic carbocycles. The van der Waals surface area contributed by atoms with E-state index in [1.54, 1.807) is 6.08 Å². The van der Waals surface area contributed by atoms with Crippen molar-refractivity contribution in [2.45, 2.75) is 47.5 Å². The Hall–Kier alpha value is -2.43. The Morgan fingerprint density at radius 1 is 1.28 bits per heavy atom. The van der Waals surface area contributed by atoms with E-state index in [9.17, 15) is 19.5 Å². The first kappa shape index (κ1) is 21.3. The molecule has 3 aliphatic rings. The van der Waals surface area contributed by atoms with Gasteiger partial charge in [-0.1, -0.05) is 44.1 Å². The predicted molar refractivity (Wildman–Crippen MR) is 112 cm³/mol. The quantitative estimate of drug-likeness (QED) is 0.327. The fourth-order valence-corrected chi connectivity index (χ4v) is 5.21. The lowest BCUT2D eigenvalue weighted by molar-refractivity contribution is -0.125. The summed E-state index contributed by atoms with van der Waals surface area (Å²) in [5.74, 6) is 0.108. The van der Waals surface area contributed by atoms with Crippen molar-refractivity contribution < 1.29 is 19.5 Å². The third-order valence-electron chi connectivity index (χ3n) is 7.22. The third-order valence-corrected chi connectivity index (χ3v) is 7.22. The van der Waals surface area contributed by atoms with E-state index in [4.69, 9.17) is 0 Å². The van der Waals surface area contributed by atoms with Gasteiger partial charge in [0, 0.05) is 5.92 Å². The van der Waals surface area contributed by atoms with Crippen LogP contribution in [-0.4, -0.2) is 29.1 Å². The molecular formula is C24H31NO4. The Morgan fingerprint density at radius 2 is 1.97 bits per heavy atom. The van der Waals surface area contributed by atoms with Crippen molar-refractivity contribution in [1.29, 1.82) is 0 Å². The molecule has 2 bridgehead atoms. The molecule has 2 N–H and O–H groups in total. The fraction of sp³-hybridized carbons (Fsp3) is 0.542. The summed E-state index contributed by atoms with van der Waals surface area (Å²) in [4.78, 5) is 35.8. The maximum atomic E-state index is 12.5. The number of amides is 1. The summed E-state index contributed by atoms with van der Waals surface area (Å²) in [5, 5.41) is 12.5. The van der Waals surface area contributed by atoms with E-state index >= 15 is 0 Å². The average Bonchev–Trinajstić information content (AvgIpc) is 2.98. The lowest BCUT2D eigenvalue weighted by atomic mass is 9.53. The maximum Gasteiger partial charge on any atom is 0.259 e. The number of aliphatic hydroxyl groups is 1. The lowest BCUT2D eigenvalue weighted by Gasteiger charge is -2.50. The third kappa shape index (κ3) is 4.00. The van der Waals surface area contributed by atoms with Gasteiger partial charge in [-0.3, -0.25) is 14.4 Å². The molecule has 1 saturated carbocycles. The molecule has 1 heterocycles. The van der Waals surface area contributed by atoms with Crippen molar-refractivity contribution >= 4 is 17.5 Å². The fourth-order valence-electron chi connectivity index (χ4n) is 5.21. The number of allylic oxidation sites excluding steroid dienone is 6. The zero-order valence-corrected chi connectivity index (χ0v) is 17.9. The minimum Gasteiger partial charge on any atom is -0.507 e. The molecule has 156 valence electrons. The van der Waals surface area contributed by atoms with Crippen LogP contribution in [0.1, 0.15) is 47.5 Å². The van der Waals surface area contributed by atoms with Gasteiger partial charge in [0.2, 0.25) is 0 Å². The highest BCUT2D eigenvalue weighted by Crippen LogP contribution is 2.54. The van der Waals surface area contributed by atoms with Crippen molar-refractivity contribution in [3.05, 3.63) is 46.8 Å². The number of carbonyl (C=O) groups excluding carboxylic acids is 3. The second-order valence-corrected chi connectivity index (χ2v) is 9.30. The van der Waals surface area contributed by atoms with Gasteiger partial charge in [0.25, 0.3) is 5.91 Å². The topological polar surface area (TPSA) is 83.5 Å². The number of rotatable bonds is 4. The van der Waals surface area contributed by atoms with Crippen LogP contribution in [0, 0.1) is 29.1 Å². The number of Topliss-reactive ketones (excluding diaryl/α,β-unsaturated/α-hetero) is 1. The zero-order chi connectivity index (χ0) is 21.5. The molecular weight excluding hydrogens is 366 g/mol. The highest BCUT2D eigenvalue weighted by molar-refractivity contribution is 6.25. The molecule has 5 heteroatoms. The van der Waals surface area contributed by atoms with Crippen LogP contribution in [0.2, 0.25) is 0 Å². The second-order valence-electron chi connectivity index (χ2n) is 9.30. The number of fused-ring (bicyclic) bond motifs is 2. The van der Waals surface area contributed by atoms with E-state index in [0.717, 1.165) is 18.4 Å². The molecule has 0 aromatic carbocycles. The van der Waals surface area contributed by atoms with Gasteiger partial charge in [0.1, 0.15) is 11.3 Å². The summed E-state index contributed by atoms with van der Waals surface area (Å²) in [5.41, 5.74) is 2.05. The Bertz CT molecular complexity index is 857. The highest BCUT2D eigenvalue weighted by Gasteiger charge is 2.48. The SMILES string of the molecule is CC1=CC(=O)C2C[C@@]1(C)CC([C@@H](C)/C=C(C)/C=C/C(O)=C1/C(=O)CNC1=O)[C@@H]2C. The molecule has 3 rings (SSSR count). The molecule has 5 atom stereocenters. The second kappa shape index (κ2) is 7.77. The van der Waals surface area contributed by atoms with Gasteiger partial charge in [-0.2, -0.15) is 0 Å². The van der Waals surface area contributed by atoms with E-state index in [0.29, 0.717) is 11.8 Å².